The second-order valence-corrected chi connectivity index (χ2v) is 8.23. The molecule has 1 unspecified atom stereocenters. The quantitative estimate of drug-likeness (QED) is 0.666. The lowest BCUT2D eigenvalue weighted by atomic mass is 10.1. The molecule has 0 aliphatic rings. The molecule has 0 saturated carbocycles. The maximum absolute atomic E-state index is 12.5. The Morgan fingerprint density at radius 2 is 1.69 bits per heavy atom. The fourth-order valence-corrected chi connectivity index (χ4v) is 3.56. The van der Waals surface area contributed by atoms with E-state index in [9.17, 15) is 18.0 Å². The van der Waals surface area contributed by atoms with Crippen LogP contribution in [0.25, 0.3) is 0 Å². The molecular weight excluding hydrogens is 396 g/mol. The van der Waals surface area contributed by atoms with Crippen molar-refractivity contribution < 1.29 is 27.5 Å². The number of carbonyl (C=O) groups is 2. The van der Waals surface area contributed by atoms with Gasteiger partial charge in [0, 0.05) is 5.69 Å². The van der Waals surface area contributed by atoms with E-state index in [0.29, 0.717) is 5.69 Å². The highest BCUT2D eigenvalue weighted by molar-refractivity contribution is 7.89. The average Bonchev–Trinajstić information content (AvgIpc) is 2.69. The average molecular weight is 420 g/mol. The van der Waals surface area contributed by atoms with Crippen LogP contribution in [0.3, 0.4) is 0 Å². The minimum Gasteiger partial charge on any atom is -0.495 e. The lowest BCUT2D eigenvalue weighted by Crippen LogP contribution is -2.30. The SMILES string of the molecule is CNS(=O)(=O)c1cc(C(=O)OC(C)C(=O)Nc2c(C)cccc2C)ccc1OC. The van der Waals surface area contributed by atoms with E-state index in [1.165, 1.54) is 33.2 Å². The summed E-state index contributed by atoms with van der Waals surface area (Å²) in [7, 11) is -1.28. The summed E-state index contributed by atoms with van der Waals surface area (Å²) in [6, 6.07) is 9.46. The summed E-state index contributed by atoms with van der Waals surface area (Å²) >= 11 is 0. The molecule has 1 amide bonds. The van der Waals surface area contributed by atoms with Gasteiger partial charge in [0.2, 0.25) is 10.0 Å². The van der Waals surface area contributed by atoms with Crippen molar-refractivity contribution >= 4 is 27.6 Å². The summed E-state index contributed by atoms with van der Waals surface area (Å²) in [4.78, 5) is 24.7. The number of sulfonamides is 1. The number of aryl methyl sites for hydroxylation is 2. The van der Waals surface area contributed by atoms with E-state index in [4.69, 9.17) is 9.47 Å². The molecule has 156 valence electrons. The molecular formula is C20H24N2O6S. The maximum atomic E-state index is 12.5. The Hall–Kier alpha value is -2.91. The first kappa shape index (κ1) is 22.4. The molecule has 0 saturated heterocycles. The molecule has 0 aliphatic carbocycles. The van der Waals surface area contributed by atoms with E-state index in [0.717, 1.165) is 17.2 Å². The van der Waals surface area contributed by atoms with Crippen LogP contribution in [0.2, 0.25) is 0 Å². The highest BCUT2D eigenvalue weighted by Crippen LogP contribution is 2.25. The summed E-state index contributed by atoms with van der Waals surface area (Å²) in [5.41, 5.74) is 2.40. The van der Waals surface area contributed by atoms with Crippen LogP contribution in [0.1, 0.15) is 28.4 Å². The molecule has 0 spiro atoms. The maximum Gasteiger partial charge on any atom is 0.338 e. The molecule has 9 heteroatoms. The summed E-state index contributed by atoms with van der Waals surface area (Å²) in [6.45, 7) is 5.16. The first-order valence-corrected chi connectivity index (χ1v) is 10.3. The summed E-state index contributed by atoms with van der Waals surface area (Å²) < 4.78 is 36.7. The van der Waals surface area contributed by atoms with Gasteiger partial charge in [-0.05, 0) is 57.1 Å². The molecule has 0 heterocycles. The van der Waals surface area contributed by atoms with Gasteiger partial charge < -0.3 is 14.8 Å². The van der Waals surface area contributed by atoms with E-state index >= 15 is 0 Å². The summed E-state index contributed by atoms with van der Waals surface area (Å²) in [6.07, 6.45) is -1.09. The van der Waals surface area contributed by atoms with Gasteiger partial charge in [-0.25, -0.2) is 17.9 Å². The van der Waals surface area contributed by atoms with Gasteiger partial charge >= 0.3 is 5.97 Å². The van der Waals surface area contributed by atoms with Crippen LogP contribution in [0.5, 0.6) is 5.75 Å². The van der Waals surface area contributed by atoms with Gasteiger partial charge in [-0.1, -0.05) is 18.2 Å². The number of methoxy groups -OCH3 is 1. The van der Waals surface area contributed by atoms with Crippen molar-refractivity contribution in [3.05, 3.63) is 53.1 Å². The Morgan fingerprint density at radius 3 is 2.24 bits per heavy atom. The predicted molar refractivity (Wildman–Crippen MR) is 109 cm³/mol. The van der Waals surface area contributed by atoms with Gasteiger partial charge in [0.15, 0.2) is 6.10 Å². The van der Waals surface area contributed by atoms with E-state index in [1.807, 2.05) is 32.0 Å². The molecule has 0 fully saturated rings. The van der Waals surface area contributed by atoms with E-state index in [1.54, 1.807) is 0 Å². The molecule has 2 aromatic carbocycles. The van der Waals surface area contributed by atoms with Crippen molar-refractivity contribution in [3.8, 4) is 5.75 Å². The Balaban J connectivity index is 2.19. The third kappa shape index (κ3) is 5.12. The first-order chi connectivity index (χ1) is 13.6. The van der Waals surface area contributed by atoms with Crippen molar-refractivity contribution in [1.82, 2.24) is 4.72 Å². The molecule has 2 rings (SSSR count). The number of rotatable bonds is 7. The summed E-state index contributed by atoms with van der Waals surface area (Å²) in [5, 5.41) is 2.76. The Morgan fingerprint density at radius 1 is 1.07 bits per heavy atom. The highest BCUT2D eigenvalue weighted by atomic mass is 32.2. The van der Waals surface area contributed by atoms with Crippen molar-refractivity contribution in [2.24, 2.45) is 0 Å². The number of amides is 1. The number of para-hydroxylation sites is 1. The van der Waals surface area contributed by atoms with Crippen LogP contribution in [-0.4, -0.2) is 40.6 Å². The third-order valence-corrected chi connectivity index (χ3v) is 5.78. The van der Waals surface area contributed by atoms with Gasteiger partial charge in [0.25, 0.3) is 5.91 Å². The molecule has 2 aromatic rings. The van der Waals surface area contributed by atoms with E-state index in [2.05, 4.69) is 10.0 Å². The van der Waals surface area contributed by atoms with Gasteiger partial charge in [0.05, 0.1) is 12.7 Å². The zero-order valence-electron chi connectivity index (χ0n) is 16.9. The monoisotopic (exact) mass is 420 g/mol. The fraction of sp³-hybridized carbons (Fsp3) is 0.300. The normalized spacial score (nSPS) is 12.2. The Bertz CT molecular complexity index is 1010. The fourth-order valence-electron chi connectivity index (χ4n) is 2.64. The first-order valence-electron chi connectivity index (χ1n) is 8.80. The minimum atomic E-state index is -3.85. The zero-order chi connectivity index (χ0) is 21.8. The molecule has 8 nitrogen and oxygen atoms in total. The van der Waals surface area contributed by atoms with Crippen LogP contribution < -0.4 is 14.8 Å². The number of esters is 1. The van der Waals surface area contributed by atoms with Crippen LogP contribution in [-0.2, 0) is 19.6 Å². The molecule has 1 atom stereocenters. The minimum absolute atomic E-state index is 0.0219. The van der Waals surface area contributed by atoms with Gasteiger partial charge in [0.1, 0.15) is 10.6 Å². The lowest BCUT2D eigenvalue weighted by molar-refractivity contribution is -0.123. The molecule has 0 radical (unpaired) electrons. The van der Waals surface area contributed by atoms with Crippen LogP contribution in [0.4, 0.5) is 5.69 Å². The van der Waals surface area contributed by atoms with Crippen LogP contribution in [0, 0.1) is 13.8 Å². The molecule has 2 N–H and O–H groups in total. The molecule has 0 aliphatic heterocycles. The van der Waals surface area contributed by atoms with Crippen LogP contribution >= 0.6 is 0 Å². The Kier molecular flexibility index (Phi) is 6.99. The van der Waals surface area contributed by atoms with Gasteiger partial charge in [-0.2, -0.15) is 0 Å². The molecule has 29 heavy (non-hydrogen) atoms. The number of ether oxygens (including phenoxy) is 2. The van der Waals surface area contributed by atoms with Crippen molar-refractivity contribution in [2.75, 3.05) is 19.5 Å². The number of hydrogen-bond acceptors (Lipinski definition) is 6. The number of anilines is 1. The van der Waals surface area contributed by atoms with Crippen molar-refractivity contribution in [2.45, 2.75) is 31.8 Å². The lowest BCUT2D eigenvalue weighted by Gasteiger charge is -2.16. The number of hydrogen-bond donors (Lipinski definition) is 2. The number of carbonyl (C=O) groups excluding carboxylic acids is 2. The molecule has 0 aromatic heterocycles. The van der Waals surface area contributed by atoms with E-state index < -0.39 is 28.0 Å². The van der Waals surface area contributed by atoms with Crippen LogP contribution in [0.15, 0.2) is 41.3 Å². The zero-order valence-corrected chi connectivity index (χ0v) is 17.7. The molecule has 0 bridgehead atoms. The standard InChI is InChI=1S/C20H24N2O6S/c1-12-7-6-8-13(2)18(12)22-19(23)14(3)28-20(24)15-9-10-16(27-5)17(11-15)29(25,26)21-4/h6-11,14,21H,1-5H3,(H,22,23). The smallest absolute Gasteiger partial charge is 0.338 e. The second-order valence-electron chi connectivity index (χ2n) is 6.38. The second kappa shape index (κ2) is 9.06. The van der Waals surface area contributed by atoms with Crippen molar-refractivity contribution in [3.63, 3.8) is 0 Å². The van der Waals surface area contributed by atoms with Gasteiger partial charge in [-0.15, -0.1) is 0 Å². The van der Waals surface area contributed by atoms with Crippen molar-refractivity contribution in [1.29, 1.82) is 0 Å². The third-order valence-electron chi connectivity index (χ3n) is 4.34. The predicted octanol–water partition coefficient (Wildman–Crippen LogP) is 2.40. The largest absolute Gasteiger partial charge is 0.495 e. The Labute approximate surface area is 170 Å². The number of nitrogens with one attached hydrogen (secondary N) is 2. The summed E-state index contributed by atoms with van der Waals surface area (Å²) in [5.74, 6) is -1.24. The highest BCUT2D eigenvalue weighted by Gasteiger charge is 2.24. The van der Waals surface area contributed by atoms with E-state index in [-0.39, 0.29) is 16.2 Å². The number of benzene rings is 2. The topological polar surface area (TPSA) is 111 Å². The van der Waals surface area contributed by atoms with Gasteiger partial charge in [-0.3, -0.25) is 4.79 Å².